The van der Waals surface area contributed by atoms with Crippen molar-refractivity contribution in [3.63, 3.8) is 0 Å². The van der Waals surface area contributed by atoms with Crippen molar-refractivity contribution in [1.82, 2.24) is 10.6 Å². The molecule has 2 aliphatic rings. The van der Waals surface area contributed by atoms with Crippen molar-refractivity contribution in [2.24, 2.45) is 0 Å². The number of nitro groups is 1. The molecular weight excluding hydrogens is 276 g/mol. The summed E-state index contributed by atoms with van der Waals surface area (Å²) in [4.78, 5) is 35.8. The molecule has 0 aromatic heterocycles. The van der Waals surface area contributed by atoms with E-state index in [1.807, 2.05) is 0 Å². The third kappa shape index (κ3) is 2.18. The first-order chi connectivity index (χ1) is 10.0. The predicted octanol–water partition coefficient (Wildman–Crippen LogP) is 0.773. The number of imide groups is 1. The van der Waals surface area contributed by atoms with Crippen LogP contribution in [-0.2, 0) is 4.79 Å². The van der Waals surface area contributed by atoms with E-state index in [0.29, 0.717) is 25.1 Å². The summed E-state index contributed by atoms with van der Waals surface area (Å²) in [6, 6.07) is 5.90. The summed E-state index contributed by atoms with van der Waals surface area (Å²) in [6.45, 7) is 0.838. The van der Waals surface area contributed by atoms with E-state index in [9.17, 15) is 19.7 Å². The fourth-order valence-corrected chi connectivity index (χ4v) is 2.96. The number of nitrogens with one attached hydrogen (secondary N) is 2. The minimum atomic E-state index is -0.987. The molecule has 1 spiro atoms. The highest BCUT2D eigenvalue weighted by atomic mass is 16.6. The number of nitrogens with zero attached hydrogens (tertiary/aromatic N) is 2. The fraction of sp³-hybridized carbons (Fsp3) is 0.385. The standard InChI is InChI=1S/C13H14N4O4/c18-11-13(15-12(19)14-11)6-3-7-16(8-13)9-4-1-2-5-10(9)17(20)21/h1-2,4-5H,3,6-8H2,(H2,14,15,18,19). The van der Waals surface area contributed by atoms with Gasteiger partial charge in [0.1, 0.15) is 11.2 Å². The number of urea groups is 1. The van der Waals surface area contributed by atoms with Crippen molar-refractivity contribution in [2.45, 2.75) is 18.4 Å². The van der Waals surface area contributed by atoms with Crippen LogP contribution < -0.4 is 15.5 Å². The second kappa shape index (κ2) is 4.72. The third-order valence-corrected chi connectivity index (χ3v) is 3.93. The van der Waals surface area contributed by atoms with Crippen molar-refractivity contribution < 1.29 is 14.5 Å². The Hall–Kier alpha value is -2.64. The van der Waals surface area contributed by atoms with Gasteiger partial charge in [-0.1, -0.05) is 12.1 Å². The first-order valence-corrected chi connectivity index (χ1v) is 6.64. The molecule has 2 heterocycles. The second-order valence-electron chi connectivity index (χ2n) is 5.26. The zero-order chi connectivity index (χ0) is 15.0. The van der Waals surface area contributed by atoms with Gasteiger partial charge in [0.05, 0.1) is 11.5 Å². The summed E-state index contributed by atoms with van der Waals surface area (Å²) in [6.07, 6.45) is 1.20. The van der Waals surface area contributed by atoms with Crippen molar-refractivity contribution in [3.8, 4) is 0 Å². The SMILES string of the molecule is O=C1NC(=O)C2(CCCN(c3ccccc3[N+](=O)[O-])C2)N1. The molecule has 1 unspecified atom stereocenters. The predicted molar refractivity (Wildman–Crippen MR) is 73.9 cm³/mol. The topological polar surface area (TPSA) is 105 Å². The van der Waals surface area contributed by atoms with E-state index in [1.54, 1.807) is 23.1 Å². The van der Waals surface area contributed by atoms with Crippen LogP contribution in [0.2, 0.25) is 0 Å². The van der Waals surface area contributed by atoms with Crippen LogP contribution in [0.5, 0.6) is 0 Å². The number of amides is 3. The van der Waals surface area contributed by atoms with Crippen LogP contribution in [0.4, 0.5) is 16.2 Å². The molecule has 0 bridgehead atoms. The van der Waals surface area contributed by atoms with Gasteiger partial charge in [0.15, 0.2) is 0 Å². The highest BCUT2D eigenvalue weighted by Gasteiger charge is 2.49. The van der Waals surface area contributed by atoms with Gasteiger partial charge in [0.25, 0.3) is 11.6 Å². The maximum Gasteiger partial charge on any atom is 0.322 e. The van der Waals surface area contributed by atoms with E-state index >= 15 is 0 Å². The van der Waals surface area contributed by atoms with Crippen molar-refractivity contribution >= 4 is 23.3 Å². The van der Waals surface area contributed by atoms with Crippen molar-refractivity contribution in [2.75, 3.05) is 18.0 Å². The highest BCUT2D eigenvalue weighted by Crippen LogP contribution is 2.33. The van der Waals surface area contributed by atoms with E-state index in [-0.39, 0.29) is 18.1 Å². The molecule has 2 fully saturated rings. The number of piperidine rings is 1. The van der Waals surface area contributed by atoms with Crippen LogP contribution in [0.15, 0.2) is 24.3 Å². The second-order valence-corrected chi connectivity index (χ2v) is 5.26. The molecule has 110 valence electrons. The summed E-state index contributed by atoms with van der Waals surface area (Å²) in [5.41, 5.74) is -0.520. The van der Waals surface area contributed by atoms with Crippen LogP contribution >= 0.6 is 0 Å². The number of hydrogen-bond donors (Lipinski definition) is 2. The van der Waals surface area contributed by atoms with Gasteiger partial charge in [-0.05, 0) is 18.9 Å². The number of benzene rings is 1. The number of nitro benzene ring substituents is 1. The number of carbonyl (C=O) groups is 2. The monoisotopic (exact) mass is 290 g/mol. The van der Waals surface area contributed by atoms with Crippen molar-refractivity contribution in [1.29, 1.82) is 0 Å². The lowest BCUT2D eigenvalue weighted by molar-refractivity contribution is -0.384. The Morgan fingerprint density at radius 2 is 2.05 bits per heavy atom. The van der Waals surface area contributed by atoms with E-state index in [2.05, 4.69) is 10.6 Å². The average molecular weight is 290 g/mol. The first-order valence-electron chi connectivity index (χ1n) is 6.64. The highest BCUT2D eigenvalue weighted by molar-refractivity contribution is 6.07. The maximum absolute atomic E-state index is 12.0. The molecule has 8 heteroatoms. The first kappa shape index (κ1) is 13.3. The molecular formula is C13H14N4O4. The third-order valence-electron chi connectivity index (χ3n) is 3.93. The van der Waals surface area contributed by atoms with Crippen LogP contribution in [0, 0.1) is 10.1 Å². The molecule has 0 saturated carbocycles. The Labute approximate surface area is 120 Å². The van der Waals surface area contributed by atoms with E-state index in [1.165, 1.54) is 6.07 Å². The van der Waals surface area contributed by atoms with Crippen LogP contribution in [-0.4, -0.2) is 35.5 Å². The molecule has 2 saturated heterocycles. The quantitative estimate of drug-likeness (QED) is 0.475. The van der Waals surface area contributed by atoms with Crippen LogP contribution in [0.3, 0.4) is 0 Å². The molecule has 0 radical (unpaired) electrons. The van der Waals surface area contributed by atoms with E-state index in [0.717, 1.165) is 0 Å². The minimum absolute atomic E-state index is 0.000665. The Bertz CT molecular complexity index is 632. The lowest BCUT2D eigenvalue weighted by Crippen LogP contribution is -2.58. The number of para-hydroxylation sites is 2. The zero-order valence-electron chi connectivity index (χ0n) is 11.2. The van der Waals surface area contributed by atoms with Gasteiger partial charge >= 0.3 is 6.03 Å². The molecule has 2 aliphatic heterocycles. The van der Waals surface area contributed by atoms with Gasteiger partial charge in [0, 0.05) is 12.6 Å². The molecule has 8 nitrogen and oxygen atoms in total. The Balaban J connectivity index is 1.92. The van der Waals surface area contributed by atoms with Crippen molar-refractivity contribution in [3.05, 3.63) is 34.4 Å². The number of anilines is 1. The van der Waals surface area contributed by atoms with Gasteiger partial charge < -0.3 is 10.2 Å². The summed E-state index contributed by atoms with van der Waals surface area (Å²) in [5.74, 6) is -0.365. The molecule has 0 aliphatic carbocycles. The summed E-state index contributed by atoms with van der Waals surface area (Å²) in [7, 11) is 0. The zero-order valence-corrected chi connectivity index (χ0v) is 11.2. The Morgan fingerprint density at radius 1 is 1.29 bits per heavy atom. The smallest absolute Gasteiger partial charge is 0.322 e. The molecule has 3 amide bonds. The van der Waals surface area contributed by atoms with Gasteiger partial charge in [-0.25, -0.2) is 4.79 Å². The Morgan fingerprint density at radius 3 is 2.71 bits per heavy atom. The molecule has 2 N–H and O–H groups in total. The largest absolute Gasteiger partial charge is 0.363 e. The lowest BCUT2D eigenvalue weighted by atomic mass is 9.89. The lowest BCUT2D eigenvalue weighted by Gasteiger charge is -2.38. The molecule has 1 aromatic rings. The maximum atomic E-state index is 12.0. The number of rotatable bonds is 2. The molecule has 3 rings (SSSR count). The fourth-order valence-electron chi connectivity index (χ4n) is 2.96. The van der Waals surface area contributed by atoms with Crippen LogP contribution in [0.25, 0.3) is 0 Å². The van der Waals surface area contributed by atoms with E-state index in [4.69, 9.17) is 0 Å². The summed E-state index contributed by atoms with van der Waals surface area (Å²) in [5, 5.41) is 16.0. The minimum Gasteiger partial charge on any atom is -0.363 e. The normalized spacial score (nSPS) is 24.9. The van der Waals surface area contributed by atoms with Crippen LogP contribution in [0.1, 0.15) is 12.8 Å². The molecule has 1 aromatic carbocycles. The average Bonchev–Trinajstić information content (AvgIpc) is 2.72. The number of hydrogen-bond acceptors (Lipinski definition) is 5. The Kier molecular flexibility index (Phi) is 3.00. The van der Waals surface area contributed by atoms with Gasteiger partial charge in [0.2, 0.25) is 0 Å². The molecule has 21 heavy (non-hydrogen) atoms. The summed E-state index contributed by atoms with van der Waals surface area (Å²) < 4.78 is 0. The van der Waals surface area contributed by atoms with Gasteiger partial charge in [-0.15, -0.1) is 0 Å². The summed E-state index contributed by atoms with van der Waals surface area (Å²) >= 11 is 0. The van der Waals surface area contributed by atoms with Gasteiger partial charge in [-0.2, -0.15) is 0 Å². The van der Waals surface area contributed by atoms with E-state index < -0.39 is 16.5 Å². The molecule has 1 atom stereocenters. The van der Waals surface area contributed by atoms with Gasteiger partial charge in [-0.3, -0.25) is 20.2 Å². The number of carbonyl (C=O) groups excluding carboxylic acids is 2.